The van der Waals surface area contributed by atoms with Crippen LogP contribution in [0.5, 0.6) is 5.75 Å². The van der Waals surface area contributed by atoms with Crippen molar-refractivity contribution >= 4 is 11.9 Å². The molecule has 0 fully saturated rings. The molecule has 0 atom stereocenters. The van der Waals surface area contributed by atoms with Gasteiger partial charge in [-0.3, -0.25) is 4.79 Å². The molecule has 0 amide bonds. The van der Waals surface area contributed by atoms with Crippen LogP contribution < -0.4 is 4.74 Å². The molecular weight excluding hydrogens is 567 g/mol. The third-order valence-corrected chi connectivity index (χ3v) is 5.23. The van der Waals surface area contributed by atoms with Crippen molar-refractivity contribution in [2.24, 2.45) is 0 Å². The minimum absolute atomic E-state index is 0.112. The normalized spacial score (nSPS) is 11.5. The molecule has 0 aliphatic rings. The fourth-order valence-corrected chi connectivity index (χ4v) is 3.20. The number of hydrogen-bond donors (Lipinski definition) is 0. The molecule has 1 aromatic rings. The first kappa shape index (κ1) is 39.0. The summed E-state index contributed by atoms with van der Waals surface area (Å²) in [5.41, 5.74) is 0.555. The second-order valence-corrected chi connectivity index (χ2v) is 9.02. The minimum Gasteiger partial charge on any atom is -0.491 e. The largest absolute Gasteiger partial charge is 0.491 e. The van der Waals surface area contributed by atoms with Crippen LogP contribution >= 0.6 is 0 Å². The van der Waals surface area contributed by atoms with Gasteiger partial charge < -0.3 is 47.4 Å². The molecule has 11 nitrogen and oxygen atoms in total. The Kier molecular flexibility index (Phi) is 27.3. The maximum atomic E-state index is 13.7. The number of halogens is 1. The van der Waals surface area contributed by atoms with E-state index in [2.05, 4.69) is 6.92 Å². The number of carbonyl (C=O) groups is 1. The van der Waals surface area contributed by atoms with Crippen LogP contribution in [0.25, 0.3) is 6.08 Å². The summed E-state index contributed by atoms with van der Waals surface area (Å²) in [5, 5.41) is 0. The van der Waals surface area contributed by atoms with Crippen molar-refractivity contribution < 1.29 is 56.6 Å². The maximum Gasteiger partial charge on any atom is 0.152 e. The highest BCUT2D eigenvalue weighted by Crippen LogP contribution is 2.17. The lowest BCUT2D eigenvalue weighted by molar-refractivity contribution is -0.112. The van der Waals surface area contributed by atoms with Crippen LogP contribution in [-0.4, -0.2) is 131 Å². The summed E-state index contributed by atoms with van der Waals surface area (Å²) in [4.78, 5) is 11.0. The number of ketones is 1. The molecule has 0 aliphatic carbocycles. The molecule has 0 aliphatic heterocycles. The van der Waals surface area contributed by atoms with Crippen LogP contribution in [0.1, 0.15) is 25.8 Å². The summed E-state index contributed by atoms with van der Waals surface area (Å²) in [6.07, 6.45) is 3.94. The van der Waals surface area contributed by atoms with Crippen LogP contribution in [0.3, 0.4) is 0 Å². The molecule has 0 aromatic heterocycles. The van der Waals surface area contributed by atoms with E-state index in [0.29, 0.717) is 124 Å². The van der Waals surface area contributed by atoms with Gasteiger partial charge >= 0.3 is 0 Å². The van der Waals surface area contributed by atoms with Gasteiger partial charge in [-0.15, -0.1) is 0 Å². The molecule has 0 radical (unpaired) electrons. The average molecular weight is 619 g/mol. The highest BCUT2D eigenvalue weighted by molar-refractivity contribution is 5.91. The van der Waals surface area contributed by atoms with E-state index in [4.69, 9.17) is 47.4 Å². The van der Waals surface area contributed by atoms with Crippen molar-refractivity contribution in [2.75, 3.05) is 126 Å². The summed E-state index contributed by atoms with van der Waals surface area (Å²) in [5.74, 6) is -0.171. The van der Waals surface area contributed by atoms with Gasteiger partial charge in [0.1, 0.15) is 18.2 Å². The quantitative estimate of drug-likeness (QED) is 0.0876. The van der Waals surface area contributed by atoms with Gasteiger partial charge in [0.15, 0.2) is 5.78 Å². The number of rotatable bonds is 32. The van der Waals surface area contributed by atoms with Crippen molar-refractivity contribution in [3.63, 3.8) is 0 Å². The summed E-state index contributed by atoms with van der Waals surface area (Å²) < 4.78 is 68.1. The summed E-state index contributed by atoms with van der Waals surface area (Å²) in [6.45, 7) is 13.0. The van der Waals surface area contributed by atoms with Gasteiger partial charge in [0.05, 0.1) is 112 Å². The van der Waals surface area contributed by atoms with Gasteiger partial charge in [0.25, 0.3) is 0 Å². The van der Waals surface area contributed by atoms with Crippen LogP contribution in [0.15, 0.2) is 24.3 Å². The molecule has 0 unspecified atom stereocenters. The first-order valence-electron chi connectivity index (χ1n) is 14.9. The third kappa shape index (κ3) is 27.3. The van der Waals surface area contributed by atoms with Gasteiger partial charge in [-0.05, 0) is 37.1 Å². The Morgan fingerprint density at radius 3 is 1.26 bits per heavy atom. The van der Waals surface area contributed by atoms with E-state index < -0.39 is 5.82 Å². The predicted molar refractivity (Wildman–Crippen MR) is 159 cm³/mol. The fraction of sp³-hybridized carbons (Fsp3) is 0.710. The highest BCUT2D eigenvalue weighted by atomic mass is 19.1. The standard InChI is InChI=1S/C31H51FO11/c1-3-6-34-7-8-35-9-10-36-11-12-37-13-14-38-15-16-39-17-18-40-19-20-41-21-22-42-23-24-43-31-26-29(5-4-28(2)33)25-30(32)27-31/h4-5,25-27H,3,6-24H2,1-2H3/b5-4+. The van der Waals surface area contributed by atoms with Crippen molar-refractivity contribution in [2.45, 2.75) is 20.3 Å². The first-order valence-corrected chi connectivity index (χ1v) is 14.9. The molecule has 1 aromatic carbocycles. The van der Waals surface area contributed by atoms with Gasteiger partial charge in [0.2, 0.25) is 0 Å². The minimum atomic E-state index is -0.435. The maximum absolute atomic E-state index is 13.7. The van der Waals surface area contributed by atoms with Crippen LogP contribution in [-0.2, 0) is 47.4 Å². The molecule has 0 heterocycles. The zero-order valence-electron chi connectivity index (χ0n) is 25.9. The van der Waals surface area contributed by atoms with Crippen LogP contribution in [0, 0.1) is 5.82 Å². The summed E-state index contributed by atoms with van der Waals surface area (Å²) in [7, 11) is 0. The molecule has 0 saturated carbocycles. The van der Waals surface area contributed by atoms with E-state index >= 15 is 0 Å². The second-order valence-electron chi connectivity index (χ2n) is 9.02. The Morgan fingerprint density at radius 2 is 0.907 bits per heavy atom. The Bertz CT molecular complexity index is 810. The van der Waals surface area contributed by atoms with Crippen molar-refractivity contribution in [3.05, 3.63) is 35.7 Å². The Balaban J connectivity index is 1.75. The number of benzene rings is 1. The van der Waals surface area contributed by atoms with E-state index in [0.717, 1.165) is 13.0 Å². The number of carbonyl (C=O) groups excluding carboxylic acids is 1. The summed E-state index contributed by atoms with van der Waals surface area (Å²) >= 11 is 0. The number of ether oxygens (including phenoxy) is 10. The summed E-state index contributed by atoms with van der Waals surface area (Å²) in [6, 6.07) is 4.28. The predicted octanol–water partition coefficient (Wildman–Crippen LogP) is 3.37. The number of allylic oxidation sites excluding steroid dienone is 1. The monoisotopic (exact) mass is 618 g/mol. The lowest BCUT2D eigenvalue weighted by Gasteiger charge is -2.09. The van der Waals surface area contributed by atoms with Crippen molar-refractivity contribution in [1.29, 1.82) is 0 Å². The second kappa shape index (κ2) is 30.0. The zero-order chi connectivity index (χ0) is 31.1. The fourth-order valence-electron chi connectivity index (χ4n) is 3.20. The third-order valence-electron chi connectivity index (χ3n) is 5.23. The van der Waals surface area contributed by atoms with Crippen LogP contribution in [0.2, 0.25) is 0 Å². The Hall–Kier alpha value is -2.00. The van der Waals surface area contributed by atoms with Crippen molar-refractivity contribution in [1.82, 2.24) is 0 Å². The molecule has 0 bridgehead atoms. The lowest BCUT2D eigenvalue weighted by Crippen LogP contribution is -2.15. The first-order chi connectivity index (χ1) is 21.1. The molecule has 0 N–H and O–H groups in total. The molecule has 248 valence electrons. The van der Waals surface area contributed by atoms with Crippen LogP contribution in [0.4, 0.5) is 4.39 Å². The van der Waals surface area contributed by atoms with Crippen molar-refractivity contribution in [3.8, 4) is 5.75 Å². The van der Waals surface area contributed by atoms with Gasteiger partial charge in [0, 0.05) is 12.7 Å². The van der Waals surface area contributed by atoms with E-state index in [1.165, 1.54) is 25.1 Å². The molecule has 12 heteroatoms. The van der Waals surface area contributed by atoms with Gasteiger partial charge in [-0.1, -0.05) is 13.0 Å². The highest BCUT2D eigenvalue weighted by Gasteiger charge is 2.01. The van der Waals surface area contributed by atoms with E-state index in [1.54, 1.807) is 12.1 Å². The topological polar surface area (TPSA) is 109 Å². The van der Waals surface area contributed by atoms with E-state index in [1.807, 2.05) is 0 Å². The lowest BCUT2D eigenvalue weighted by atomic mass is 10.2. The number of hydrogen-bond acceptors (Lipinski definition) is 11. The Labute approximate surface area is 255 Å². The SMILES string of the molecule is CCCOCCOCCOCCOCCOCCOCCOCCOCCOCCOc1cc(F)cc(/C=C/C(C)=O)c1. The zero-order valence-corrected chi connectivity index (χ0v) is 25.9. The molecule has 43 heavy (non-hydrogen) atoms. The Morgan fingerprint density at radius 1 is 0.558 bits per heavy atom. The average Bonchev–Trinajstić information content (AvgIpc) is 2.99. The molecular formula is C31H51FO11. The van der Waals surface area contributed by atoms with Gasteiger partial charge in [-0.2, -0.15) is 0 Å². The van der Waals surface area contributed by atoms with E-state index in [-0.39, 0.29) is 12.4 Å². The smallest absolute Gasteiger partial charge is 0.152 e. The molecule has 0 saturated heterocycles. The molecule has 1 rings (SSSR count). The van der Waals surface area contributed by atoms with E-state index in [9.17, 15) is 9.18 Å². The molecule has 0 spiro atoms. The van der Waals surface area contributed by atoms with Gasteiger partial charge in [-0.25, -0.2) is 4.39 Å².